The van der Waals surface area contributed by atoms with Crippen LogP contribution in [0.2, 0.25) is 5.02 Å². The van der Waals surface area contributed by atoms with Crippen LogP contribution in [0.15, 0.2) is 36.7 Å². The van der Waals surface area contributed by atoms with Gasteiger partial charge in [-0.1, -0.05) is 23.7 Å². The maximum absolute atomic E-state index is 11.6. The Bertz CT molecular complexity index is 569. The maximum atomic E-state index is 11.6. The minimum Gasteiger partial charge on any atom is -0.396 e. The molecule has 0 aliphatic carbocycles. The molecule has 0 atom stereocenters. The summed E-state index contributed by atoms with van der Waals surface area (Å²) >= 11 is 5.93. The van der Waals surface area contributed by atoms with E-state index in [4.69, 9.17) is 17.3 Å². The number of nitrogen functional groups attached to an aromatic ring is 1. The van der Waals surface area contributed by atoms with Crippen molar-refractivity contribution < 1.29 is 4.79 Å². The highest BCUT2D eigenvalue weighted by atomic mass is 35.5. The molecule has 0 radical (unpaired) electrons. The van der Waals surface area contributed by atoms with Gasteiger partial charge in [-0.05, 0) is 12.1 Å². The highest BCUT2D eigenvalue weighted by molar-refractivity contribution is 6.33. The molecule has 2 amide bonds. The van der Waals surface area contributed by atoms with E-state index in [0.29, 0.717) is 29.5 Å². The van der Waals surface area contributed by atoms with Crippen molar-refractivity contribution in [2.24, 2.45) is 0 Å². The molecule has 7 heteroatoms. The molecule has 2 rings (SSSR count). The smallest absolute Gasteiger partial charge is 0.319 e. The van der Waals surface area contributed by atoms with E-state index in [1.54, 1.807) is 41.3 Å². The number of hydrogen-bond donors (Lipinski definition) is 3. The molecule has 2 aromatic rings. The fraction of sp³-hybridized carbons (Fsp3) is 0.167. The quantitative estimate of drug-likeness (QED) is 0.799. The highest BCUT2D eigenvalue weighted by Crippen LogP contribution is 2.19. The zero-order valence-electron chi connectivity index (χ0n) is 10.1. The summed E-state index contributed by atoms with van der Waals surface area (Å²) in [6.45, 7) is 0.991. The number of nitrogens with zero attached hydrogens (tertiary/aromatic N) is 2. The number of nitrogens with one attached hydrogen (secondary N) is 2. The van der Waals surface area contributed by atoms with Crippen LogP contribution < -0.4 is 16.4 Å². The predicted molar refractivity (Wildman–Crippen MR) is 75.1 cm³/mol. The first-order valence-corrected chi connectivity index (χ1v) is 6.10. The summed E-state index contributed by atoms with van der Waals surface area (Å²) in [7, 11) is 0. The fourth-order valence-electron chi connectivity index (χ4n) is 1.51. The van der Waals surface area contributed by atoms with Crippen molar-refractivity contribution in [1.29, 1.82) is 0 Å². The molecule has 0 unspecified atom stereocenters. The van der Waals surface area contributed by atoms with Crippen LogP contribution in [-0.2, 0) is 6.54 Å². The molecule has 0 spiro atoms. The fourth-order valence-corrected chi connectivity index (χ4v) is 1.70. The predicted octanol–water partition coefficient (Wildman–Crippen LogP) is 1.94. The molecular formula is C12H14ClN5O. The number of carbonyl (C=O) groups is 1. The summed E-state index contributed by atoms with van der Waals surface area (Å²) in [5.74, 6) is 0. The Kier molecular flexibility index (Phi) is 4.25. The first-order valence-electron chi connectivity index (χ1n) is 5.72. The van der Waals surface area contributed by atoms with Gasteiger partial charge in [-0.2, -0.15) is 5.10 Å². The summed E-state index contributed by atoms with van der Waals surface area (Å²) in [5, 5.41) is 9.88. The third-order valence-electron chi connectivity index (χ3n) is 2.40. The van der Waals surface area contributed by atoms with Gasteiger partial charge in [0.15, 0.2) is 0 Å². The molecule has 0 saturated heterocycles. The number of rotatable bonds is 4. The van der Waals surface area contributed by atoms with E-state index >= 15 is 0 Å². The Morgan fingerprint density at radius 1 is 1.42 bits per heavy atom. The van der Waals surface area contributed by atoms with Gasteiger partial charge in [0.2, 0.25) is 0 Å². The van der Waals surface area contributed by atoms with Gasteiger partial charge in [-0.15, -0.1) is 0 Å². The van der Waals surface area contributed by atoms with Crippen LogP contribution >= 0.6 is 11.6 Å². The monoisotopic (exact) mass is 279 g/mol. The molecule has 100 valence electrons. The number of para-hydroxylation sites is 1. The highest BCUT2D eigenvalue weighted by Gasteiger charge is 2.04. The van der Waals surface area contributed by atoms with E-state index in [1.165, 1.54) is 0 Å². The maximum Gasteiger partial charge on any atom is 0.319 e. The molecule has 0 bridgehead atoms. The van der Waals surface area contributed by atoms with Crippen LogP contribution in [0.5, 0.6) is 0 Å². The Morgan fingerprint density at radius 2 is 2.21 bits per heavy atom. The van der Waals surface area contributed by atoms with Crippen LogP contribution in [0.25, 0.3) is 0 Å². The number of urea groups is 1. The van der Waals surface area contributed by atoms with Crippen molar-refractivity contribution in [3.8, 4) is 0 Å². The number of nitrogens with two attached hydrogens (primary N) is 1. The second-order valence-corrected chi connectivity index (χ2v) is 4.30. The zero-order chi connectivity index (χ0) is 13.7. The van der Waals surface area contributed by atoms with E-state index in [-0.39, 0.29) is 6.03 Å². The normalized spacial score (nSPS) is 10.2. The van der Waals surface area contributed by atoms with E-state index in [9.17, 15) is 4.79 Å². The zero-order valence-corrected chi connectivity index (χ0v) is 10.9. The Balaban J connectivity index is 1.77. The van der Waals surface area contributed by atoms with Crippen molar-refractivity contribution in [3.63, 3.8) is 0 Å². The van der Waals surface area contributed by atoms with Gasteiger partial charge < -0.3 is 16.4 Å². The number of amides is 2. The first-order chi connectivity index (χ1) is 9.15. The van der Waals surface area contributed by atoms with Crippen molar-refractivity contribution in [3.05, 3.63) is 41.7 Å². The summed E-state index contributed by atoms with van der Waals surface area (Å²) in [4.78, 5) is 11.6. The average Bonchev–Trinajstić information content (AvgIpc) is 2.78. The van der Waals surface area contributed by atoms with E-state index in [1.807, 2.05) is 0 Å². The van der Waals surface area contributed by atoms with E-state index in [0.717, 1.165) is 0 Å². The number of benzene rings is 1. The lowest BCUT2D eigenvalue weighted by atomic mass is 10.3. The second-order valence-electron chi connectivity index (χ2n) is 3.90. The van der Waals surface area contributed by atoms with Gasteiger partial charge in [0, 0.05) is 12.7 Å². The lowest BCUT2D eigenvalue weighted by Gasteiger charge is -2.08. The molecule has 1 heterocycles. The number of hydrogen-bond acceptors (Lipinski definition) is 3. The molecule has 1 aromatic carbocycles. The Labute approximate surface area is 115 Å². The molecular weight excluding hydrogens is 266 g/mol. The standard InChI is InChI=1S/C12H14ClN5O/c13-10-3-1-2-4-11(10)17-12(19)15-5-6-18-8-9(14)7-16-18/h1-4,7-8H,5-6,14H2,(H2,15,17,19). The molecule has 0 saturated carbocycles. The molecule has 0 aliphatic rings. The topological polar surface area (TPSA) is 85.0 Å². The van der Waals surface area contributed by atoms with Crippen LogP contribution in [-0.4, -0.2) is 22.4 Å². The molecule has 19 heavy (non-hydrogen) atoms. The summed E-state index contributed by atoms with van der Waals surface area (Å²) in [5.41, 5.74) is 6.70. The second kappa shape index (κ2) is 6.10. The van der Waals surface area contributed by atoms with Crippen LogP contribution in [0.3, 0.4) is 0 Å². The third-order valence-corrected chi connectivity index (χ3v) is 2.73. The van der Waals surface area contributed by atoms with Gasteiger partial charge in [0.25, 0.3) is 0 Å². The van der Waals surface area contributed by atoms with Gasteiger partial charge in [-0.25, -0.2) is 4.79 Å². The average molecular weight is 280 g/mol. The SMILES string of the molecule is Nc1cnn(CCNC(=O)Nc2ccccc2Cl)c1. The van der Waals surface area contributed by atoms with Gasteiger partial charge in [-0.3, -0.25) is 4.68 Å². The summed E-state index contributed by atoms with van der Waals surface area (Å²) in [6.07, 6.45) is 3.26. The third kappa shape index (κ3) is 3.89. The van der Waals surface area contributed by atoms with Crippen LogP contribution in [0, 0.1) is 0 Å². The largest absolute Gasteiger partial charge is 0.396 e. The Hall–Kier alpha value is -2.21. The van der Waals surface area contributed by atoms with Crippen LogP contribution in [0.1, 0.15) is 0 Å². The molecule has 0 fully saturated rings. The lowest BCUT2D eigenvalue weighted by Crippen LogP contribution is -2.31. The molecule has 6 nitrogen and oxygen atoms in total. The number of carbonyl (C=O) groups excluding carboxylic acids is 1. The van der Waals surface area contributed by atoms with E-state index < -0.39 is 0 Å². The lowest BCUT2D eigenvalue weighted by molar-refractivity contribution is 0.251. The van der Waals surface area contributed by atoms with Crippen molar-refractivity contribution >= 4 is 29.0 Å². The Morgan fingerprint density at radius 3 is 2.89 bits per heavy atom. The minimum atomic E-state index is -0.312. The van der Waals surface area contributed by atoms with Crippen molar-refractivity contribution in [1.82, 2.24) is 15.1 Å². The van der Waals surface area contributed by atoms with Crippen molar-refractivity contribution in [2.45, 2.75) is 6.54 Å². The first kappa shape index (κ1) is 13.2. The van der Waals surface area contributed by atoms with E-state index in [2.05, 4.69) is 15.7 Å². The van der Waals surface area contributed by atoms with Gasteiger partial charge in [0.1, 0.15) is 0 Å². The number of halogens is 1. The number of anilines is 2. The van der Waals surface area contributed by atoms with Crippen LogP contribution in [0.4, 0.5) is 16.2 Å². The summed E-state index contributed by atoms with van der Waals surface area (Å²) in [6, 6.07) is 6.73. The molecule has 1 aromatic heterocycles. The molecule has 4 N–H and O–H groups in total. The van der Waals surface area contributed by atoms with Crippen molar-refractivity contribution in [2.75, 3.05) is 17.6 Å². The van der Waals surface area contributed by atoms with Gasteiger partial charge in [0.05, 0.1) is 29.1 Å². The summed E-state index contributed by atoms with van der Waals surface area (Å²) < 4.78 is 1.66. The number of aromatic nitrogens is 2. The molecule has 0 aliphatic heterocycles. The van der Waals surface area contributed by atoms with Gasteiger partial charge >= 0.3 is 6.03 Å². The minimum absolute atomic E-state index is 0.312.